The number of benzene rings is 3. The summed E-state index contributed by atoms with van der Waals surface area (Å²) < 4.78 is 11.1. The van der Waals surface area contributed by atoms with Gasteiger partial charge in [0.2, 0.25) is 0 Å². The van der Waals surface area contributed by atoms with Gasteiger partial charge in [0.25, 0.3) is 5.91 Å². The topological polar surface area (TPSA) is 71.3 Å². The van der Waals surface area contributed by atoms with Crippen LogP contribution in [0.15, 0.2) is 66.7 Å². The third-order valence-corrected chi connectivity index (χ3v) is 4.64. The molecule has 0 atom stereocenters. The van der Waals surface area contributed by atoms with Crippen molar-refractivity contribution < 1.29 is 14.3 Å². The van der Waals surface area contributed by atoms with Gasteiger partial charge in [-0.3, -0.25) is 4.79 Å². The third-order valence-electron chi connectivity index (χ3n) is 4.64. The smallest absolute Gasteiger partial charge is 0.262 e. The molecule has 0 heterocycles. The fraction of sp³-hybridized carbons (Fsp3) is 0.154. The van der Waals surface area contributed by atoms with Crippen LogP contribution in [-0.2, 0) is 4.79 Å². The zero-order valence-electron chi connectivity index (χ0n) is 17.8. The molecule has 0 fully saturated rings. The Labute approximate surface area is 182 Å². The van der Waals surface area contributed by atoms with Crippen LogP contribution in [0.2, 0.25) is 0 Å². The molecule has 0 aliphatic rings. The van der Waals surface area contributed by atoms with E-state index >= 15 is 0 Å². The second-order valence-electron chi connectivity index (χ2n) is 7.15. The number of amides is 1. The number of nitrogens with zero attached hydrogens (tertiary/aromatic N) is 1. The Hall–Kier alpha value is -4.04. The van der Waals surface area contributed by atoms with Crippen LogP contribution in [0, 0.1) is 25.2 Å². The molecule has 3 aromatic rings. The summed E-state index contributed by atoms with van der Waals surface area (Å²) >= 11 is 0. The van der Waals surface area contributed by atoms with Crippen LogP contribution in [0.25, 0.3) is 11.6 Å². The number of anilines is 1. The highest BCUT2D eigenvalue weighted by molar-refractivity contribution is 5.92. The van der Waals surface area contributed by atoms with Crippen LogP contribution in [0.3, 0.4) is 0 Å². The summed E-state index contributed by atoms with van der Waals surface area (Å²) in [6.45, 7) is 3.82. The van der Waals surface area contributed by atoms with Gasteiger partial charge in [-0.25, -0.2) is 0 Å². The summed E-state index contributed by atoms with van der Waals surface area (Å²) in [6, 6.07) is 22.9. The number of ether oxygens (including phenoxy) is 2. The van der Waals surface area contributed by atoms with Crippen LogP contribution in [0.5, 0.6) is 11.5 Å². The zero-order chi connectivity index (χ0) is 22.2. The van der Waals surface area contributed by atoms with Crippen molar-refractivity contribution in [3.63, 3.8) is 0 Å². The lowest BCUT2D eigenvalue weighted by Gasteiger charge is -2.12. The Morgan fingerprint density at radius 2 is 1.77 bits per heavy atom. The number of methoxy groups -OCH3 is 1. The molecule has 3 aromatic carbocycles. The Kier molecular flexibility index (Phi) is 7.08. The number of aryl methyl sites for hydroxylation is 2. The first kappa shape index (κ1) is 21.7. The average molecular weight is 412 g/mol. The molecule has 0 radical (unpaired) electrons. The Bertz CT molecular complexity index is 1140. The standard InChI is InChI=1S/C26H24N2O3/c1-18-7-10-21(11-8-18)22(16-27)14-20-9-12-24(25(15-20)30-3)31-17-26(29)28-23-6-4-5-19(2)13-23/h4-15H,17H2,1-3H3,(H,28,29)/b22-14+. The van der Waals surface area contributed by atoms with Crippen molar-refractivity contribution in [1.29, 1.82) is 5.26 Å². The van der Waals surface area contributed by atoms with Crippen LogP contribution in [0.4, 0.5) is 5.69 Å². The number of nitriles is 1. The number of carbonyl (C=O) groups is 1. The van der Waals surface area contributed by atoms with Gasteiger partial charge in [0.15, 0.2) is 18.1 Å². The van der Waals surface area contributed by atoms with Gasteiger partial charge in [-0.2, -0.15) is 5.26 Å². The number of rotatable bonds is 7. The van der Waals surface area contributed by atoms with Crippen molar-refractivity contribution in [3.05, 3.63) is 89.0 Å². The lowest BCUT2D eigenvalue weighted by atomic mass is 10.0. The minimum atomic E-state index is -0.261. The molecule has 0 spiro atoms. The zero-order valence-corrected chi connectivity index (χ0v) is 17.8. The fourth-order valence-corrected chi connectivity index (χ4v) is 3.04. The number of hydrogen-bond acceptors (Lipinski definition) is 4. The lowest BCUT2D eigenvalue weighted by Crippen LogP contribution is -2.20. The normalized spacial score (nSPS) is 10.8. The molecule has 0 saturated heterocycles. The lowest BCUT2D eigenvalue weighted by molar-refractivity contribution is -0.118. The molecule has 3 rings (SSSR count). The highest BCUT2D eigenvalue weighted by atomic mass is 16.5. The first-order valence-corrected chi connectivity index (χ1v) is 9.84. The van der Waals surface area contributed by atoms with Crippen molar-refractivity contribution in [2.45, 2.75) is 13.8 Å². The number of nitrogens with one attached hydrogen (secondary N) is 1. The Morgan fingerprint density at radius 1 is 1.00 bits per heavy atom. The molecule has 0 aliphatic carbocycles. The van der Waals surface area contributed by atoms with Crippen molar-refractivity contribution in [2.75, 3.05) is 19.0 Å². The van der Waals surface area contributed by atoms with E-state index in [-0.39, 0.29) is 12.5 Å². The highest BCUT2D eigenvalue weighted by Gasteiger charge is 2.10. The molecule has 156 valence electrons. The predicted molar refractivity (Wildman–Crippen MR) is 123 cm³/mol. The SMILES string of the molecule is COc1cc(/C=C(\C#N)c2ccc(C)cc2)ccc1OCC(=O)Nc1cccc(C)c1. The molecular weight excluding hydrogens is 388 g/mol. The first-order chi connectivity index (χ1) is 15.0. The molecule has 31 heavy (non-hydrogen) atoms. The molecule has 1 amide bonds. The van der Waals surface area contributed by atoms with E-state index < -0.39 is 0 Å². The summed E-state index contributed by atoms with van der Waals surface area (Å²) in [6.07, 6.45) is 1.79. The van der Waals surface area contributed by atoms with E-state index in [9.17, 15) is 10.1 Å². The van der Waals surface area contributed by atoms with Crippen molar-refractivity contribution in [3.8, 4) is 17.6 Å². The van der Waals surface area contributed by atoms with Gasteiger partial charge in [0, 0.05) is 5.69 Å². The molecule has 0 aromatic heterocycles. The molecule has 1 N–H and O–H groups in total. The minimum Gasteiger partial charge on any atom is -0.493 e. The number of allylic oxidation sites excluding steroid dienone is 1. The summed E-state index contributed by atoms with van der Waals surface area (Å²) in [5, 5.41) is 12.4. The van der Waals surface area contributed by atoms with Gasteiger partial charge in [0.05, 0.1) is 18.8 Å². The van der Waals surface area contributed by atoms with Gasteiger partial charge < -0.3 is 14.8 Å². The van der Waals surface area contributed by atoms with Crippen molar-refractivity contribution in [2.24, 2.45) is 0 Å². The van der Waals surface area contributed by atoms with E-state index in [2.05, 4.69) is 11.4 Å². The van der Waals surface area contributed by atoms with E-state index in [1.54, 1.807) is 18.2 Å². The number of carbonyl (C=O) groups excluding carboxylic acids is 1. The van der Waals surface area contributed by atoms with E-state index in [4.69, 9.17) is 9.47 Å². The van der Waals surface area contributed by atoms with Crippen molar-refractivity contribution in [1.82, 2.24) is 0 Å². The number of hydrogen-bond donors (Lipinski definition) is 1. The van der Waals surface area contributed by atoms with Crippen LogP contribution >= 0.6 is 0 Å². The molecule has 0 bridgehead atoms. The van der Waals surface area contributed by atoms with Gasteiger partial charge in [-0.05, 0) is 60.9 Å². The highest BCUT2D eigenvalue weighted by Crippen LogP contribution is 2.30. The van der Waals surface area contributed by atoms with Gasteiger partial charge >= 0.3 is 0 Å². The maximum absolute atomic E-state index is 12.2. The largest absolute Gasteiger partial charge is 0.493 e. The van der Waals surface area contributed by atoms with Crippen LogP contribution in [0.1, 0.15) is 22.3 Å². The van der Waals surface area contributed by atoms with E-state index in [0.717, 1.165) is 27.9 Å². The van der Waals surface area contributed by atoms with Gasteiger partial charge in [-0.15, -0.1) is 0 Å². The second-order valence-corrected chi connectivity index (χ2v) is 7.15. The average Bonchev–Trinajstić information content (AvgIpc) is 2.77. The summed E-state index contributed by atoms with van der Waals surface area (Å²) in [7, 11) is 1.54. The van der Waals surface area contributed by atoms with E-state index in [1.165, 1.54) is 7.11 Å². The quantitative estimate of drug-likeness (QED) is 0.417. The monoisotopic (exact) mass is 412 g/mol. The maximum atomic E-state index is 12.2. The minimum absolute atomic E-state index is 0.147. The first-order valence-electron chi connectivity index (χ1n) is 9.84. The van der Waals surface area contributed by atoms with Crippen LogP contribution in [-0.4, -0.2) is 19.6 Å². The Balaban J connectivity index is 1.71. The van der Waals surface area contributed by atoms with E-state index in [0.29, 0.717) is 17.1 Å². The molecular formula is C26H24N2O3. The molecule has 5 heteroatoms. The third kappa shape index (κ3) is 5.97. The second kappa shape index (κ2) is 10.1. The van der Waals surface area contributed by atoms with E-state index in [1.807, 2.05) is 68.4 Å². The summed E-state index contributed by atoms with van der Waals surface area (Å²) in [5.41, 5.74) is 5.11. The molecule has 0 unspecified atom stereocenters. The van der Waals surface area contributed by atoms with Gasteiger partial charge in [-0.1, -0.05) is 48.0 Å². The van der Waals surface area contributed by atoms with Crippen LogP contribution < -0.4 is 14.8 Å². The Morgan fingerprint density at radius 3 is 2.45 bits per heavy atom. The fourth-order valence-electron chi connectivity index (χ4n) is 3.04. The molecule has 5 nitrogen and oxygen atoms in total. The molecule has 0 saturated carbocycles. The van der Waals surface area contributed by atoms with Crippen molar-refractivity contribution >= 4 is 23.2 Å². The van der Waals surface area contributed by atoms with Gasteiger partial charge in [0.1, 0.15) is 0 Å². The summed E-state index contributed by atoms with van der Waals surface area (Å²) in [4.78, 5) is 12.2. The predicted octanol–water partition coefficient (Wildman–Crippen LogP) is 5.39. The summed E-state index contributed by atoms with van der Waals surface area (Å²) in [5.74, 6) is 0.675. The maximum Gasteiger partial charge on any atom is 0.262 e. The molecule has 0 aliphatic heterocycles.